The highest BCUT2D eigenvalue weighted by Gasteiger charge is 2.21. The highest BCUT2D eigenvalue weighted by atomic mass is 15.1. The van der Waals surface area contributed by atoms with Crippen molar-refractivity contribution < 1.29 is 0 Å². The minimum absolute atomic E-state index is 0.424. The van der Waals surface area contributed by atoms with E-state index in [1.807, 2.05) is 0 Å². The number of guanidine groups is 1. The molecule has 1 aliphatic carbocycles. The van der Waals surface area contributed by atoms with Crippen LogP contribution in [0.2, 0.25) is 0 Å². The van der Waals surface area contributed by atoms with E-state index in [0.717, 1.165) is 0 Å². The fourth-order valence-electron chi connectivity index (χ4n) is 1.17. The molecule has 3 nitrogen and oxygen atoms in total. The molecule has 0 aromatic rings. The Labute approximate surface area is 80.8 Å². The number of rotatable bonds is 4. The van der Waals surface area contributed by atoms with E-state index in [-0.39, 0.29) is 0 Å². The number of nitrogens with one attached hydrogen (secondary N) is 1. The Morgan fingerprint density at radius 3 is 2.62 bits per heavy atom. The summed E-state index contributed by atoms with van der Waals surface area (Å²) in [4.78, 5) is 4.33. The zero-order valence-electron chi connectivity index (χ0n) is 8.88. The molecule has 0 heterocycles. The van der Waals surface area contributed by atoms with Gasteiger partial charge in [0.15, 0.2) is 5.96 Å². The first-order chi connectivity index (χ1) is 6.13. The Kier molecular flexibility index (Phi) is 3.58. The van der Waals surface area contributed by atoms with Gasteiger partial charge in [0.1, 0.15) is 0 Å². The van der Waals surface area contributed by atoms with E-state index in [1.54, 1.807) is 0 Å². The van der Waals surface area contributed by atoms with Gasteiger partial charge < -0.3 is 11.1 Å². The zero-order chi connectivity index (χ0) is 9.84. The van der Waals surface area contributed by atoms with Crippen LogP contribution in [-0.2, 0) is 0 Å². The second-order valence-electron chi connectivity index (χ2n) is 4.06. The van der Waals surface area contributed by atoms with E-state index in [4.69, 9.17) is 5.73 Å². The summed E-state index contributed by atoms with van der Waals surface area (Å²) in [5, 5.41) is 3.23. The number of nitrogens with two attached hydrogens (primary N) is 1. The molecular formula is C10H21N3. The maximum Gasteiger partial charge on any atom is 0.189 e. The van der Waals surface area contributed by atoms with Gasteiger partial charge in [-0.25, -0.2) is 0 Å². The van der Waals surface area contributed by atoms with Crippen molar-refractivity contribution in [1.82, 2.24) is 5.32 Å². The van der Waals surface area contributed by atoms with Gasteiger partial charge >= 0.3 is 0 Å². The Morgan fingerprint density at radius 2 is 2.15 bits per heavy atom. The summed E-state index contributed by atoms with van der Waals surface area (Å²) < 4.78 is 0. The molecule has 1 saturated carbocycles. The van der Waals surface area contributed by atoms with Crippen molar-refractivity contribution in [3.05, 3.63) is 0 Å². The van der Waals surface area contributed by atoms with Crippen LogP contribution in [0.25, 0.3) is 0 Å². The average molecular weight is 183 g/mol. The molecule has 2 atom stereocenters. The molecule has 0 amide bonds. The molecule has 3 N–H and O–H groups in total. The first-order valence-electron chi connectivity index (χ1n) is 5.23. The van der Waals surface area contributed by atoms with Crippen molar-refractivity contribution >= 4 is 5.96 Å². The monoisotopic (exact) mass is 183 g/mol. The van der Waals surface area contributed by atoms with Crippen molar-refractivity contribution in [1.29, 1.82) is 0 Å². The maximum atomic E-state index is 5.75. The second-order valence-corrected chi connectivity index (χ2v) is 4.06. The summed E-state index contributed by atoms with van der Waals surface area (Å²) in [6.07, 6.45) is 3.59. The maximum absolute atomic E-state index is 5.75. The molecular weight excluding hydrogens is 162 g/mol. The number of hydrogen-bond acceptors (Lipinski definition) is 1. The summed E-state index contributed by atoms with van der Waals surface area (Å²) in [5.41, 5.74) is 5.75. The Hall–Kier alpha value is -0.730. The van der Waals surface area contributed by atoms with Crippen LogP contribution in [-0.4, -0.2) is 18.0 Å². The van der Waals surface area contributed by atoms with E-state index in [1.165, 1.54) is 19.3 Å². The highest BCUT2D eigenvalue weighted by molar-refractivity contribution is 5.78. The molecule has 0 radical (unpaired) electrons. The Bertz CT molecular complexity index is 185. The third-order valence-electron chi connectivity index (χ3n) is 2.74. The molecule has 3 heteroatoms. The van der Waals surface area contributed by atoms with Crippen molar-refractivity contribution in [3.63, 3.8) is 0 Å². The predicted molar refractivity (Wildman–Crippen MR) is 56.7 cm³/mol. The van der Waals surface area contributed by atoms with Gasteiger partial charge in [-0.15, -0.1) is 0 Å². The van der Waals surface area contributed by atoms with E-state index in [9.17, 15) is 0 Å². The molecule has 0 aliphatic heterocycles. The summed E-state index contributed by atoms with van der Waals surface area (Å²) in [5.74, 6) is 1.27. The lowest BCUT2D eigenvalue weighted by atomic mass is 10.0. The van der Waals surface area contributed by atoms with Gasteiger partial charge in [-0.1, -0.05) is 20.3 Å². The quantitative estimate of drug-likeness (QED) is 0.512. The van der Waals surface area contributed by atoms with Crippen LogP contribution in [0.1, 0.15) is 40.0 Å². The zero-order valence-corrected chi connectivity index (χ0v) is 8.88. The van der Waals surface area contributed by atoms with Crippen LogP contribution in [0.15, 0.2) is 4.99 Å². The van der Waals surface area contributed by atoms with E-state index >= 15 is 0 Å². The summed E-state index contributed by atoms with van der Waals surface area (Å²) in [6, 6.07) is 0.934. The molecule has 0 aromatic heterocycles. The van der Waals surface area contributed by atoms with Gasteiger partial charge in [-0.3, -0.25) is 4.99 Å². The molecule has 0 spiro atoms. The smallest absolute Gasteiger partial charge is 0.189 e. The van der Waals surface area contributed by atoms with Crippen molar-refractivity contribution in [2.75, 3.05) is 0 Å². The van der Waals surface area contributed by atoms with Crippen molar-refractivity contribution in [2.45, 2.75) is 52.1 Å². The van der Waals surface area contributed by atoms with Crippen LogP contribution in [0.3, 0.4) is 0 Å². The second kappa shape index (κ2) is 4.49. The van der Waals surface area contributed by atoms with Crippen molar-refractivity contribution in [3.8, 4) is 0 Å². The average Bonchev–Trinajstić information content (AvgIpc) is 2.86. The predicted octanol–water partition coefficient (Wildman–Crippen LogP) is 1.49. The molecule has 76 valence electrons. The highest BCUT2D eigenvalue weighted by Crippen LogP contribution is 2.23. The lowest BCUT2D eigenvalue weighted by Crippen LogP contribution is -2.41. The Morgan fingerprint density at radius 1 is 1.54 bits per heavy atom. The topological polar surface area (TPSA) is 50.4 Å². The van der Waals surface area contributed by atoms with Gasteiger partial charge in [0.2, 0.25) is 0 Å². The molecule has 1 aliphatic rings. The molecule has 13 heavy (non-hydrogen) atoms. The molecule has 0 saturated heterocycles. The number of nitrogens with zero attached hydrogens (tertiary/aromatic N) is 1. The standard InChI is InChI=1S/C10H21N3/c1-4-7(2)8(3)12-10(11)13-9-5-6-9/h7-9H,4-6H2,1-3H3,(H3,11,12,13). The van der Waals surface area contributed by atoms with Gasteiger partial charge in [0.25, 0.3) is 0 Å². The minimum atomic E-state index is 0.424. The minimum Gasteiger partial charge on any atom is -0.370 e. The lowest BCUT2D eigenvalue weighted by Gasteiger charge is -2.20. The molecule has 1 rings (SSSR count). The molecule has 0 aromatic carbocycles. The lowest BCUT2D eigenvalue weighted by molar-refractivity contribution is 0.436. The fourth-order valence-corrected chi connectivity index (χ4v) is 1.17. The van der Waals surface area contributed by atoms with Crippen LogP contribution in [0, 0.1) is 5.92 Å². The van der Waals surface area contributed by atoms with Crippen molar-refractivity contribution in [2.24, 2.45) is 16.6 Å². The summed E-state index contributed by atoms with van der Waals surface area (Å²) >= 11 is 0. The van der Waals surface area contributed by atoms with Gasteiger partial charge in [0.05, 0.1) is 6.04 Å². The number of hydrogen-bond donors (Lipinski definition) is 2. The SMILES string of the molecule is CCC(C)C(C)NC(N)=NC1CC1. The van der Waals surface area contributed by atoms with Crippen LogP contribution < -0.4 is 11.1 Å². The van der Waals surface area contributed by atoms with Crippen LogP contribution >= 0.6 is 0 Å². The third-order valence-corrected chi connectivity index (χ3v) is 2.74. The summed E-state index contributed by atoms with van der Waals surface area (Å²) in [7, 11) is 0. The molecule has 1 fully saturated rings. The number of aliphatic imine (C=N–C) groups is 1. The first kappa shape index (κ1) is 10.4. The van der Waals surface area contributed by atoms with E-state index < -0.39 is 0 Å². The van der Waals surface area contributed by atoms with E-state index in [0.29, 0.717) is 24.0 Å². The first-order valence-corrected chi connectivity index (χ1v) is 5.23. The third kappa shape index (κ3) is 3.66. The fraction of sp³-hybridized carbons (Fsp3) is 0.900. The van der Waals surface area contributed by atoms with Gasteiger partial charge in [-0.05, 0) is 25.7 Å². The van der Waals surface area contributed by atoms with Gasteiger partial charge in [0, 0.05) is 6.04 Å². The summed E-state index contributed by atoms with van der Waals surface area (Å²) in [6.45, 7) is 6.57. The van der Waals surface area contributed by atoms with Crippen LogP contribution in [0.5, 0.6) is 0 Å². The van der Waals surface area contributed by atoms with Gasteiger partial charge in [-0.2, -0.15) is 0 Å². The normalized spacial score (nSPS) is 22.5. The largest absolute Gasteiger partial charge is 0.370 e. The molecule has 2 unspecified atom stereocenters. The van der Waals surface area contributed by atoms with E-state index in [2.05, 4.69) is 31.1 Å². The Balaban J connectivity index is 2.29. The molecule has 0 bridgehead atoms. The van der Waals surface area contributed by atoms with Crippen LogP contribution in [0.4, 0.5) is 0 Å².